The Morgan fingerprint density at radius 2 is 2.25 bits per heavy atom. The van der Waals surface area contributed by atoms with E-state index in [-0.39, 0.29) is 17.9 Å². The second-order valence-electron chi connectivity index (χ2n) is 5.87. The monoisotopic (exact) mass is 292 g/mol. The van der Waals surface area contributed by atoms with Crippen LogP contribution >= 0.6 is 11.3 Å². The van der Waals surface area contributed by atoms with Crippen LogP contribution in [0.15, 0.2) is 6.07 Å². The fourth-order valence-corrected chi connectivity index (χ4v) is 4.18. The molecule has 1 aliphatic carbocycles. The Labute approximate surface area is 123 Å². The number of amides is 2. The summed E-state index contributed by atoms with van der Waals surface area (Å²) in [5, 5.41) is 2.79. The highest BCUT2D eigenvalue weighted by Crippen LogP contribution is 2.33. The zero-order chi connectivity index (χ0) is 14.3. The van der Waals surface area contributed by atoms with E-state index in [4.69, 9.17) is 0 Å². The lowest BCUT2D eigenvalue weighted by atomic mass is 9.90. The third-order valence-corrected chi connectivity index (χ3v) is 5.52. The number of thiophene rings is 1. The molecule has 2 amide bonds. The van der Waals surface area contributed by atoms with E-state index < -0.39 is 0 Å². The molecule has 0 radical (unpaired) electrons. The molecule has 4 nitrogen and oxygen atoms in total. The maximum Gasteiger partial charge on any atom is 0.264 e. The third-order valence-electron chi connectivity index (χ3n) is 4.30. The van der Waals surface area contributed by atoms with E-state index in [2.05, 4.69) is 18.3 Å². The minimum atomic E-state index is -0.366. The second-order valence-corrected chi connectivity index (χ2v) is 7.01. The van der Waals surface area contributed by atoms with E-state index in [9.17, 15) is 9.59 Å². The highest BCUT2D eigenvalue weighted by atomic mass is 32.1. The molecule has 3 rings (SSSR count). The van der Waals surface area contributed by atoms with Crippen molar-refractivity contribution in [1.82, 2.24) is 10.2 Å². The standard InChI is InChI=1S/C15H20N2O2S/c1-9-3-4-12-11(7-9)8-13(20-12)15(19)17-6-5-16-14(18)10(17)2/h8-10H,3-7H2,1-2H3,(H,16,18). The summed E-state index contributed by atoms with van der Waals surface area (Å²) in [4.78, 5) is 28.1. The van der Waals surface area contributed by atoms with E-state index in [0.717, 1.165) is 17.7 Å². The van der Waals surface area contributed by atoms with Crippen molar-refractivity contribution in [2.75, 3.05) is 13.1 Å². The molecule has 108 valence electrons. The van der Waals surface area contributed by atoms with Crippen LogP contribution in [0.2, 0.25) is 0 Å². The molecule has 1 fully saturated rings. The SMILES string of the molecule is CC1CCc2sc(C(=O)N3CCNC(=O)C3C)cc2C1. The summed E-state index contributed by atoms with van der Waals surface area (Å²) in [6, 6.07) is 1.69. The van der Waals surface area contributed by atoms with Gasteiger partial charge in [-0.05, 0) is 43.7 Å². The number of rotatable bonds is 1. The minimum Gasteiger partial charge on any atom is -0.353 e. The predicted octanol–water partition coefficient (Wildman–Crippen LogP) is 1.83. The Kier molecular flexibility index (Phi) is 3.54. The summed E-state index contributed by atoms with van der Waals surface area (Å²) >= 11 is 1.62. The molecular weight excluding hydrogens is 272 g/mol. The van der Waals surface area contributed by atoms with Gasteiger partial charge in [0.1, 0.15) is 6.04 Å². The highest BCUT2D eigenvalue weighted by molar-refractivity contribution is 7.14. The van der Waals surface area contributed by atoms with Crippen molar-refractivity contribution in [3.63, 3.8) is 0 Å². The van der Waals surface area contributed by atoms with Gasteiger partial charge in [0.05, 0.1) is 4.88 Å². The Morgan fingerprint density at radius 3 is 3.05 bits per heavy atom. The summed E-state index contributed by atoms with van der Waals surface area (Å²) in [6.45, 7) is 5.21. The second kappa shape index (κ2) is 5.20. The Hall–Kier alpha value is -1.36. The van der Waals surface area contributed by atoms with Crippen molar-refractivity contribution in [2.24, 2.45) is 5.92 Å². The number of hydrogen-bond acceptors (Lipinski definition) is 3. The van der Waals surface area contributed by atoms with Crippen LogP contribution in [-0.4, -0.2) is 35.8 Å². The molecule has 2 atom stereocenters. The lowest BCUT2D eigenvalue weighted by Gasteiger charge is -2.32. The molecule has 1 N–H and O–H groups in total. The van der Waals surface area contributed by atoms with Crippen LogP contribution in [0.1, 0.15) is 40.4 Å². The smallest absolute Gasteiger partial charge is 0.264 e. The van der Waals surface area contributed by atoms with E-state index >= 15 is 0 Å². The van der Waals surface area contributed by atoms with Crippen LogP contribution in [0.3, 0.4) is 0 Å². The predicted molar refractivity (Wildman–Crippen MR) is 79.0 cm³/mol. The van der Waals surface area contributed by atoms with Gasteiger partial charge in [-0.1, -0.05) is 6.92 Å². The number of carbonyl (C=O) groups is 2. The zero-order valence-electron chi connectivity index (χ0n) is 11.9. The maximum atomic E-state index is 12.6. The molecule has 1 aromatic heterocycles. The molecule has 0 spiro atoms. The number of nitrogens with zero attached hydrogens (tertiary/aromatic N) is 1. The van der Waals surface area contributed by atoms with Crippen molar-refractivity contribution in [2.45, 2.75) is 39.2 Å². The molecule has 2 aliphatic rings. The molecule has 5 heteroatoms. The van der Waals surface area contributed by atoms with Crippen LogP contribution in [0.5, 0.6) is 0 Å². The van der Waals surface area contributed by atoms with Gasteiger partial charge < -0.3 is 10.2 Å². The molecule has 2 unspecified atom stereocenters. The first-order chi connectivity index (χ1) is 9.56. The molecular formula is C15H20N2O2S. The van der Waals surface area contributed by atoms with Gasteiger partial charge in [0, 0.05) is 18.0 Å². The molecule has 0 bridgehead atoms. The number of hydrogen-bond donors (Lipinski definition) is 1. The van der Waals surface area contributed by atoms with Crippen molar-refractivity contribution in [3.05, 3.63) is 21.4 Å². The fourth-order valence-electron chi connectivity index (χ4n) is 3.01. The lowest BCUT2D eigenvalue weighted by Crippen LogP contribution is -2.55. The highest BCUT2D eigenvalue weighted by Gasteiger charge is 2.31. The normalized spacial score (nSPS) is 26.1. The largest absolute Gasteiger partial charge is 0.353 e. The summed E-state index contributed by atoms with van der Waals surface area (Å²) in [7, 11) is 0. The number of nitrogens with one attached hydrogen (secondary N) is 1. The lowest BCUT2D eigenvalue weighted by molar-refractivity contribution is -0.127. The Bertz CT molecular complexity index is 552. The molecule has 1 saturated heterocycles. The van der Waals surface area contributed by atoms with Gasteiger partial charge in [-0.3, -0.25) is 9.59 Å². The number of aryl methyl sites for hydroxylation is 1. The Balaban J connectivity index is 1.82. The fraction of sp³-hybridized carbons (Fsp3) is 0.600. The van der Waals surface area contributed by atoms with Crippen molar-refractivity contribution >= 4 is 23.2 Å². The molecule has 2 heterocycles. The van der Waals surface area contributed by atoms with Gasteiger partial charge in [-0.25, -0.2) is 0 Å². The third kappa shape index (κ3) is 2.35. The average molecular weight is 292 g/mol. The van der Waals surface area contributed by atoms with E-state index in [1.165, 1.54) is 16.9 Å². The number of carbonyl (C=O) groups excluding carboxylic acids is 2. The van der Waals surface area contributed by atoms with Crippen LogP contribution in [0, 0.1) is 5.92 Å². The van der Waals surface area contributed by atoms with Gasteiger partial charge >= 0.3 is 0 Å². The van der Waals surface area contributed by atoms with Crippen molar-refractivity contribution < 1.29 is 9.59 Å². The zero-order valence-corrected chi connectivity index (χ0v) is 12.8. The first-order valence-electron chi connectivity index (χ1n) is 7.26. The van der Waals surface area contributed by atoms with Crippen LogP contribution in [-0.2, 0) is 17.6 Å². The maximum absolute atomic E-state index is 12.6. The molecule has 1 aromatic rings. The van der Waals surface area contributed by atoms with Crippen molar-refractivity contribution in [1.29, 1.82) is 0 Å². The quantitative estimate of drug-likeness (QED) is 0.858. The first kappa shape index (κ1) is 13.6. The van der Waals surface area contributed by atoms with Gasteiger partial charge in [-0.15, -0.1) is 11.3 Å². The Morgan fingerprint density at radius 1 is 1.45 bits per heavy atom. The number of piperazine rings is 1. The molecule has 20 heavy (non-hydrogen) atoms. The van der Waals surface area contributed by atoms with E-state index in [1.807, 2.05) is 0 Å². The van der Waals surface area contributed by atoms with E-state index in [0.29, 0.717) is 19.0 Å². The summed E-state index contributed by atoms with van der Waals surface area (Å²) in [6.07, 6.45) is 3.38. The molecule has 1 aliphatic heterocycles. The van der Waals surface area contributed by atoms with Gasteiger partial charge in [0.25, 0.3) is 5.91 Å². The topological polar surface area (TPSA) is 49.4 Å². The molecule has 0 saturated carbocycles. The summed E-state index contributed by atoms with van der Waals surface area (Å²) < 4.78 is 0. The van der Waals surface area contributed by atoms with E-state index in [1.54, 1.807) is 23.2 Å². The minimum absolute atomic E-state index is 0.0133. The van der Waals surface area contributed by atoms with Gasteiger partial charge in [0.2, 0.25) is 5.91 Å². The van der Waals surface area contributed by atoms with Gasteiger partial charge in [-0.2, -0.15) is 0 Å². The number of fused-ring (bicyclic) bond motifs is 1. The first-order valence-corrected chi connectivity index (χ1v) is 8.08. The van der Waals surface area contributed by atoms with Crippen LogP contribution in [0.25, 0.3) is 0 Å². The molecule has 0 aromatic carbocycles. The van der Waals surface area contributed by atoms with Gasteiger partial charge in [0.15, 0.2) is 0 Å². The summed E-state index contributed by atoms with van der Waals surface area (Å²) in [5.74, 6) is 0.665. The summed E-state index contributed by atoms with van der Waals surface area (Å²) in [5.41, 5.74) is 1.34. The average Bonchev–Trinajstić information content (AvgIpc) is 2.84. The van der Waals surface area contributed by atoms with Crippen LogP contribution < -0.4 is 5.32 Å². The van der Waals surface area contributed by atoms with Crippen LogP contribution in [0.4, 0.5) is 0 Å². The van der Waals surface area contributed by atoms with Crippen molar-refractivity contribution in [3.8, 4) is 0 Å².